The van der Waals surface area contributed by atoms with E-state index in [1.54, 1.807) is 0 Å². The van der Waals surface area contributed by atoms with Gasteiger partial charge in [0.2, 0.25) is 0 Å². The third-order valence-electron chi connectivity index (χ3n) is 4.45. The molecule has 0 bridgehead atoms. The van der Waals surface area contributed by atoms with Gasteiger partial charge in [-0.3, -0.25) is 14.6 Å². The highest BCUT2D eigenvalue weighted by Gasteiger charge is 2.23. The normalized spacial score (nSPS) is 23.9. The number of hydrogen-bond donors (Lipinski definition) is 1. The predicted molar refractivity (Wildman–Crippen MR) is 78.1 cm³/mol. The summed E-state index contributed by atoms with van der Waals surface area (Å²) in [5.41, 5.74) is 0. The van der Waals surface area contributed by atoms with E-state index in [4.69, 9.17) is 0 Å². The number of nitrogens with zero attached hydrogens (tertiary/aromatic N) is 2. The van der Waals surface area contributed by atoms with Crippen LogP contribution >= 0.6 is 0 Å². The minimum atomic E-state index is 0.207. The Morgan fingerprint density at radius 1 is 1.11 bits per heavy atom. The maximum Gasteiger partial charge on any atom is 0.135 e. The highest BCUT2D eigenvalue weighted by molar-refractivity contribution is 5.80. The lowest BCUT2D eigenvalue weighted by molar-refractivity contribution is -0.123. The van der Waals surface area contributed by atoms with Gasteiger partial charge in [0.15, 0.2) is 0 Å². The monoisotopic (exact) mass is 267 g/mol. The van der Waals surface area contributed by atoms with Crippen LogP contribution in [-0.2, 0) is 4.79 Å². The van der Waals surface area contributed by atoms with E-state index in [0.717, 1.165) is 26.2 Å². The Kier molecular flexibility index (Phi) is 5.79. The molecule has 2 aliphatic heterocycles. The van der Waals surface area contributed by atoms with Crippen LogP contribution in [-0.4, -0.2) is 61.5 Å². The SMILES string of the molecule is CC(C)C(=O)CC1CCN(CN2CCNCC2)CC1. The molecular weight excluding hydrogens is 238 g/mol. The third-order valence-corrected chi connectivity index (χ3v) is 4.45. The number of rotatable bonds is 5. The number of piperidine rings is 1. The van der Waals surface area contributed by atoms with Crippen molar-refractivity contribution in [1.82, 2.24) is 15.1 Å². The molecule has 0 aromatic heterocycles. The molecule has 0 spiro atoms. The maximum absolute atomic E-state index is 11.8. The van der Waals surface area contributed by atoms with Crippen molar-refractivity contribution in [2.75, 3.05) is 45.9 Å². The van der Waals surface area contributed by atoms with Gasteiger partial charge in [-0.2, -0.15) is 0 Å². The fourth-order valence-electron chi connectivity index (χ4n) is 2.99. The van der Waals surface area contributed by atoms with Crippen LogP contribution in [0.15, 0.2) is 0 Å². The van der Waals surface area contributed by atoms with E-state index in [9.17, 15) is 4.79 Å². The smallest absolute Gasteiger partial charge is 0.135 e. The lowest BCUT2D eigenvalue weighted by Crippen LogP contribution is -2.49. The highest BCUT2D eigenvalue weighted by atomic mass is 16.1. The number of Topliss-reactive ketones (excluding diaryl/α,β-unsaturated/α-hetero) is 1. The van der Waals surface area contributed by atoms with Crippen molar-refractivity contribution in [3.05, 3.63) is 0 Å². The largest absolute Gasteiger partial charge is 0.314 e. The molecule has 4 nitrogen and oxygen atoms in total. The van der Waals surface area contributed by atoms with E-state index in [2.05, 4.69) is 15.1 Å². The number of ketones is 1. The summed E-state index contributed by atoms with van der Waals surface area (Å²) in [6, 6.07) is 0. The van der Waals surface area contributed by atoms with Gasteiger partial charge in [0.05, 0.1) is 6.67 Å². The Labute approximate surface area is 117 Å². The molecule has 2 aliphatic rings. The summed E-state index contributed by atoms with van der Waals surface area (Å²) in [4.78, 5) is 16.9. The Bertz CT molecular complexity index is 279. The summed E-state index contributed by atoms with van der Waals surface area (Å²) in [6.45, 7) is 12.1. The number of piperazine rings is 1. The molecule has 2 heterocycles. The fourth-order valence-corrected chi connectivity index (χ4v) is 2.99. The molecule has 1 N–H and O–H groups in total. The number of carbonyl (C=O) groups excluding carboxylic acids is 1. The second kappa shape index (κ2) is 7.36. The molecule has 19 heavy (non-hydrogen) atoms. The Hall–Kier alpha value is -0.450. The standard InChI is InChI=1S/C15H29N3O/c1-13(2)15(19)11-14-3-7-17(8-4-14)12-18-9-5-16-6-10-18/h13-14,16H,3-12H2,1-2H3. The molecule has 0 saturated carbocycles. The molecule has 0 aromatic rings. The quantitative estimate of drug-likeness (QED) is 0.811. The van der Waals surface area contributed by atoms with Crippen LogP contribution in [0, 0.1) is 11.8 Å². The summed E-state index contributed by atoms with van der Waals surface area (Å²) in [7, 11) is 0. The van der Waals surface area contributed by atoms with Gasteiger partial charge in [0.1, 0.15) is 5.78 Å². The lowest BCUT2D eigenvalue weighted by atomic mass is 9.89. The highest BCUT2D eigenvalue weighted by Crippen LogP contribution is 2.22. The number of nitrogens with one attached hydrogen (secondary N) is 1. The van der Waals surface area contributed by atoms with E-state index >= 15 is 0 Å². The lowest BCUT2D eigenvalue weighted by Gasteiger charge is -2.37. The van der Waals surface area contributed by atoms with Crippen molar-refractivity contribution in [3.8, 4) is 0 Å². The number of carbonyl (C=O) groups is 1. The van der Waals surface area contributed by atoms with E-state index in [1.165, 1.54) is 39.0 Å². The van der Waals surface area contributed by atoms with Crippen LogP contribution in [0.1, 0.15) is 33.1 Å². The van der Waals surface area contributed by atoms with Gasteiger partial charge in [-0.25, -0.2) is 0 Å². The van der Waals surface area contributed by atoms with E-state index in [0.29, 0.717) is 11.7 Å². The van der Waals surface area contributed by atoms with Crippen LogP contribution < -0.4 is 5.32 Å². The molecule has 2 saturated heterocycles. The number of likely N-dealkylation sites (tertiary alicyclic amines) is 1. The van der Waals surface area contributed by atoms with Crippen LogP contribution in [0.4, 0.5) is 0 Å². The summed E-state index contributed by atoms with van der Waals surface area (Å²) in [5, 5.41) is 3.39. The van der Waals surface area contributed by atoms with E-state index in [1.807, 2.05) is 13.8 Å². The topological polar surface area (TPSA) is 35.6 Å². The molecule has 0 unspecified atom stereocenters. The zero-order valence-corrected chi connectivity index (χ0v) is 12.5. The average molecular weight is 267 g/mol. The molecule has 2 fully saturated rings. The molecule has 4 heteroatoms. The minimum absolute atomic E-state index is 0.207. The van der Waals surface area contributed by atoms with Gasteiger partial charge in [-0.15, -0.1) is 0 Å². The van der Waals surface area contributed by atoms with Gasteiger partial charge in [0, 0.05) is 38.5 Å². The zero-order valence-electron chi connectivity index (χ0n) is 12.5. The summed E-state index contributed by atoms with van der Waals surface area (Å²) in [6.07, 6.45) is 3.20. The summed E-state index contributed by atoms with van der Waals surface area (Å²) >= 11 is 0. The minimum Gasteiger partial charge on any atom is -0.314 e. The number of hydrogen-bond acceptors (Lipinski definition) is 4. The summed E-state index contributed by atoms with van der Waals surface area (Å²) < 4.78 is 0. The van der Waals surface area contributed by atoms with Crippen molar-refractivity contribution in [3.63, 3.8) is 0 Å². The fraction of sp³-hybridized carbons (Fsp3) is 0.933. The summed E-state index contributed by atoms with van der Waals surface area (Å²) in [5.74, 6) is 1.29. The van der Waals surface area contributed by atoms with Gasteiger partial charge in [-0.05, 0) is 31.8 Å². The Balaban J connectivity index is 1.65. The first-order valence-electron chi connectivity index (χ1n) is 7.83. The molecule has 0 atom stereocenters. The van der Waals surface area contributed by atoms with Crippen LogP contribution in [0.25, 0.3) is 0 Å². The molecule has 0 radical (unpaired) electrons. The first-order chi connectivity index (χ1) is 9.15. The van der Waals surface area contributed by atoms with Gasteiger partial charge in [0.25, 0.3) is 0 Å². The van der Waals surface area contributed by atoms with Crippen LogP contribution in [0.2, 0.25) is 0 Å². The molecule has 0 amide bonds. The van der Waals surface area contributed by atoms with Crippen LogP contribution in [0.5, 0.6) is 0 Å². The van der Waals surface area contributed by atoms with Gasteiger partial charge < -0.3 is 5.32 Å². The van der Waals surface area contributed by atoms with Crippen molar-refractivity contribution >= 4 is 5.78 Å². The van der Waals surface area contributed by atoms with E-state index in [-0.39, 0.29) is 5.92 Å². The average Bonchev–Trinajstić information content (AvgIpc) is 2.42. The molecule has 2 rings (SSSR count). The molecule has 110 valence electrons. The maximum atomic E-state index is 11.8. The first-order valence-corrected chi connectivity index (χ1v) is 7.83. The zero-order chi connectivity index (χ0) is 13.7. The van der Waals surface area contributed by atoms with Gasteiger partial charge in [-0.1, -0.05) is 13.8 Å². The third kappa shape index (κ3) is 4.86. The van der Waals surface area contributed by atoms with Gasteiger partial charge >= 0.3 is 0 Å². The molecule has 0 aromatic carbocycles. The molecule has 0 aliphatic carbocycles. The van der Waals surface area contributed by atoms with Crippen molar-refractivity contribution in [2.24, 2.45) is 11.8 Å². The Morgan fingerprint density at radius 3 is 2.26 bits per heavy atom. The Morgan fingerprint density at radius 2 is 1.68 bits per heavy atom. The van der Waals surface area contributed by atoms with Crippen molar-refractivity contribution in [1.29, 1.82) is 0 Å². The second-order valence-corrected chi connectivity index (χ2v) is 6.40. The predicted octanol–water partition coefficient (Wildman–Crippen LogP) is 1.18. The van der Waals surface area contributed by atoms with E-state index < -0.39 is 0 Å². The molecular formula is C15H29N3O. The van der Waals surface area contributed by atoms with Crippen LogP contribution in [0.3, 0.4) is 0 Å². The van der Waals surface area contributed by atoms with Crippen molar-refractivity contribution in [2.45, 2.75) is 33.1 Å². The first kappa shape index (κ1) is 14.9. The second-order valence-electron chi connectivity index (χ2n) is 6.40. The van der Waals surface area contributed by atoms with Crippen molar-refractivity contribution < 1.29 is 4.79 Å².